The molecule has 1 unspecified atom stereocenters. The van der Waals surface area contributed by atoms with Crippen LogP contribution in [0.3, 0.4) is 0 Å². The van der Waals surface area contributed by atoms with Gasteiger partial charge in [-0.1, -0.05) is 18.2 Å². The Labute approximate surface area is 246 Å². The third kappa shape index (κ3) is 6.27. The van der Waals surface area contributed by atoms with E-state index in [-0.39, 0.29) is 29.9 Å². The van der Waals surface area contributed by atoms with Crippen LogP contribution in [0.5, 0.6) is 0 Å². The zero-order chi connectivity index (χ0) is 30.0. The van der Waals surface area contributed by atoms with E-state index in [9.17, 15) is 19.2 Å². The monoisotopic (exact) mass is 573 g/mol. The van der Waals surface area contributed by atoms with Crippen molar-refractivity contribution in [2.75, 3.05) is 38.0 Å². The number of amides is 4. The van der Waals surface area contributed by atoms with Gasteiger partial charge in [0.05, 0.1) is 11.1 Å². The van der Waals surface area contributed by atoms with Gasteiger partial charge in [-0.05, 0) is 77.3 Å². The highest BCUT2D eigenvalue weighted by molar-refractivity contribution is 6.10. The molecule has 222 valence electrons. The van der Waals surface area contributed by atoms with Crippen LogP contribution in [0.2, 0.25) is 0 Å². The van der Waals surface area contributed by atoms with Crippen molar-refractivity contribution in [2.24, 2.45) is 0 Å². The number of nitrogens with one attached hydrogen (secondary N) is 2. The Morgan fingerprint density at radius 1 is 0.881 bits per heavy atom. The predicted molar refractivity (Wildman–Crippen MR) is 161 cm³/mol. The minimum atomic E-state index is -0.581. The van der Waals surface area contributed by atoms with E-state index in [0.29, 0.717) is 55.2 Å². The summed E-state index contributed by atoms with van der Waals surface area (Å²) >= 11 is 0. The summed E-state index contributed by atoms with van der Waals surface area (Å²) in [6.07, 6.45) is 2.09. The Morgan fingerprint density at radius 2 is 1.55 bits per heavy atom. The first-order valence-electron chi connectivity index (χ1n) is 14.6. The SMILES string of the molecule is CC1CCCCNC(=O)c2cccc(c2)C(=O)Nc2cc3cccc(C(=O)N4CCN(C(=O)OC(C)(C)C)CC4)c3n21. The van der Waals surface area contributed by atoms with Crippen LogP contribution in [0, 0.1) is 0 Å². The lowest BCUT2D eigenvalue weighted by molar-refractivity contribution is 0.0141. The van der Waals surface area contributed by atoms with Crippen LogP contribution < -0.4 is 10.6 Å². The van der Waals surface area contributed by atoms with Gasteiger partial charge < -0.3 is 29.7 Å². The van der Waals surface area contributed by atoms with Crippen LogP contribution in [-0.4, -0.2) is 76.5 Å². The minimum Gasteiger partial charge on any atom is -0.444 e. The fourth-order valence-electron chi connectivity index (χ4n) is 5.59. The van der Waals surface area contributed by atoms with E-state index >= 15 is 0 Å². The quantitative estimate of drug-likeness (QED) is 0.423. The lowest BCUT2D eigenvalue weighted by Crippen LogP contribution is -2.51. The first-order valence-corrected chi connectivity index (χ1v) is 14.6. The van der Waals surface area contributed by atoms with Crippen molar-refractivity contribution < 1.29 is 23.9 Å². The Bertz CT molecular complexity index is 1510. The van der Waals surface area contributed by atoms with Crippen LogP contribution >= 0.6 is 0 Å². The van der Waals surface area contributed by atoms with Gasteiger partial charge in [-0.15, -0.1) is 0 Å². The number of anilines is 1. The number of piperazine rings is 1. The van der Waals surface area contributed by atoms with Crippen molar-refractivity contribution in [3.63, 3.8) is 0 Å². The average Bonchev–Trinajstić information content (AvgIpc) is 3.33. The Kier molecular flexibility index (Phi) is 8.24. The van der Waals surface area contributed by atoms with Crippen LogP contribution in [0.4, 0.5) is 10.6 Å². The minimum absolute atomic E-state index is 0.0271. The molecule has 2 N–H and O–H groups in total. The molecule has 2 aromatic carbocycles. The summed E-state index contributed by atoms with van der Waals surface area (Å²) in [5.41, 5.74) is 1.56. The first-order chi connectivity index (χ1) is 20.0. The van der Waals surface area contributed by atoms with E-state index in [1.807, 2.05) is 45.0 Å². The molecule has 0 radical (unpaired) electrons. The topological polar surface area (TPSA) is 113 Å². The molecule has 4 amide bonds. The molecular formula is C32H39N5O5. The summed E-state index contributed by atoms with van der Waals surface area (Å²) < 4.78 is 7.57. The van der Waals surface area contributed by atoms with Gasteiger partial charge in [0.25, 0.3) is 17.7 Å². The number of hydrogen-bond donors (Lipinski definition) is 2. The predicted octanol–water partition coefficient (Wildman–Crippen LogP) is 5.06. The highest BCUT2D eigenvalue weighted by Crippen LogP contribution is 2.33. The molecule has 5 rings (SSSR count). The molecule has 10 heteroatoms. The van der Waals surface area contributed by atoms with E-state index in [2.05, 4.69) is 22.1 Å². The number of fused-ring (bicyclic) bond motifs is 5. The van der Waals surface area contributed by atoms with Gasteiger partial charge in [0.15, 0.2) is 0 Å². The molecular weight excluding hydrogens is 534 g/mol. The van der Waals surface area contributed by atoms with E-state index in [4.69, 9.17) is 4.74 Å². The molecule has 2 aliphatic rings. The van der Waals surface area contributed by atoms with Gasteiger partial charge in [-0.25, -0.2) is 4.79 Å². The summed E-state index contributed by atoms with van der Waals surface area (Å²) in [6.45, 7) is 9.72. The number of para-hydroxylation sites is 1. The molecule has 0 saturated carbocycles. The number of ether oxygens (including phenoxy) is 1. The molecule has 3 aromatic rings. The number of nitrogens with zero attached hydrogens (tertiary/aromatic N) is 3. The van der Waals surface area contributed by atoms with Crippen LogP contribution in [0.1, 0.15) is 84.1 Å². The van der Waals surface area contributed by atoms with Gasteiger partial charge in [0, 0.05) is 55.3 Å². The van der Waals surface area contributed by atoms with Crippen molar-refractivity contribution in [3.8, 4) is 0 Å². The van der Waals surface area contributed by atoms with E-state index in [1.165, 1.54) is 0 Å². The third-order valence-corrected chi connectivity index (χ3v) is 7.71. The second kappa shape index (κ2) is 11.9. The zero-order valence-electron chi connectivity index (χ0n) is 24.7. The van der Waals surface area contributed by atoms with Gasteiger partial charge >= 0.3 is 6.09 Å². The lowest BCUT2D eigenvalue weighted by Gasteiger charge is -2.35. The molecule has 0 aliphatic carbocycles. The van der Waals surface area contributed by atoms with E-state index in [0.717, 1.165) is 30.2 Å². The zero-order valence-corrected chi connectivity index (χ0v) is 24.7. The van der Waals surface area contributed by atoms with E-state index < -0.39 is 5.60 Å². The molecule has 2 bridgehead atoms. The van der Waals surface area contributed by atoms with Crippen LogP contribution in [0.25, 0.3) is 10.9 Å². The number of carbonyl (C=O) groups is 4. The largest absolute Gasteiger partial charge is 0.444 e. The van der Waals surface area contributed by atoms with Gasteiger partial charge in [0.1, 0.15) is 11.4 Å². The number of aromatic nitrogens is 1. The Hall–Kier alpha value is -4.34. The van der Waals surface area contributed by atoms with Crippen LogP contribution in [-0.2, 0) is 4.74 Å². The molecule has 1 atom stereocenters. The molecule has 2 aliphatic heterocycles. The molecule has 1 fully saturated rings. The molecule has 3 heterocycles. The smallest absolute Gasteiger partial charge is 0.410 e. The summed E-state index contributed by atoms with van der Waals surface area (Å²) in [5, 5.41) is 6.84. The molecule has 10 nitrogen and oxygen atoms in total. The average molecular weight is 574 g/mol. The van der Waals surface area contributed by atoms with Crippen LogP contribution in [0.15, 0.2) is 48.5 Å². The number of benzene rings is 2. The van der Waals surface area contributed by atoms with Crippen molar-refractivity contribution in [3.05, 3.63) is 65.2 Å². The maximum Gasteiger partial charge on any atom is 0.410 e. The lowest BCUT2D eigenvalue weighted by atomic mass is 10.1. The molecule has 42 heavy (non-hydrogen) atoms. The highest BCUT2D eigenvalue weighted by atomic mass is 16.6. The van der Waals surface area contributed by atoms with Crippen molar-refractivity contribution in [2.45, 2.75) is 58.6 Å². The van der Waals surface area contributed by atoms with Gasteiger partial charge in [-0.3, -0.25) is 14.4 Å². The second-order valence-corrected chi connectivity index (χ2v) is 12.0. The normalized spacial score (nSPS) is 18.5. The second-order valence-electron chi connectivity index (χ2n) is 12.0. The first kappa shape index (κ1) is 29.2. The summed E-state index contributed by atoms with van der Waals surface area (Å²) in [6, 6.07) is 14.2. The van der Waals surface area contributed by atoms with E-state index in [1.54, 1.807) is 34.1 Å². The number of rotatable bonds is 1. The maximum absolute atomic E-state index is 13.9. The number of hydrogen-bond acceptors (Lipinski definition) is 5. The molecule has 0 spiro atoms. The highest BCUT2D eigenvalue weighted by Gasteiger charge is 2.30. The molecule has 1 saturated heterocycles. The van der Waals surface area contributed by atoms with Crippen molar-refractivity contribution in [1.29, 1.82) is 0 Å². The summed E-state index contributed by atoms with van der Waals surface area (Å²) in [7, 11) is 0. The summed E-state index contributed by atoms with van der Waals surface area (Å²) in [5.74, 6) is -0.0360. The van der Waals surface area contributed by atoms with Gasteiger partial charge in [-0.2, -0.15) is 0 Å². The van der Waals surface area contributed by atoms with Crippen molar-refractivity contribution in [1.82, 2.24) is 19.7 Å². The van der Waals surface area contributed by atoms with Crippen molar-refractivity contribution >= 4 is 40.5 Å². The Morgan fingerprint density at radius 3 is 2.26 bits per heavy atom. The molecule has 1 aromatic heterocycles. The van der Waals surface area contributed by atoms with Gasteiger partial charge in [0.2, 0.25) is 0 Å². The maximum atomic E-state index is 13.9. The fourth-order valence-corrected chi connectivity index (χ4v) is 5.59. The number of carbonyl (C=O) groups excluding carboxylic acids is 4. The Balaban J connectivity index is 1.46. The third-order valence-electron chi connectivity index (χ3n) is 7.71. The standard InChI is InChI=1S/C32H39N5O5/c1-21-9-5-6-14-33-28(38)23-11-7-12-24(19-23)29(39)34-26-20-22-10-8-13-25(27(22)37(21)26)30(40)35-15-17-36(18-16-35)31(41)42-32(2,3)4/h7-8,10-13,19-21H,5-6,9,14-18H2,1-4H3,(H,33,38)(H,34,39). The fraction of sp³-hybridized carbons (Fsp3) is 0.438. The summed E-state index contributed by atoms with van der Waals surface area (Å²) in [4.78, 5) is 55.8.